The number of allylic oxidation sites excluding steroid dienone is 3. The average Bonchev–Trinajstić information content (AvgIpc) is 2.36. The third-order valence-electron chi connectivity index (χ3n) is 4.59. The number of hydrogen-bond donors (Lipinski definition) is 0. The Morgan fingerprint density at radius 3 is 2.44 bits per heavy atom. The smallest absolute Gasteiger partial charge is 0.159 e. The highest BCUT2D eigenvalue weighted by atomic mass is 16.1. The zero-order valence-electron chi connectivity index (χ0n) is 10.9. The number of benzene rings is 1. The molecule has 1 aromatic carbocycles. The highest BCUT2D eigenvalue weighted by Crippen LogP contribution is 2.58. The van der Waals surface area contributed by atoms with Gasteiger partial charge in [0.05, 0.1) is 0 Å². The number of rotatable bonds is 2. The maximum atomic E-state index is 12.0. The van der Waals surface area contributed by atoms with Gasteiger partial charge in [-0.1, -0.05) is 56.3 Å². The second kappa shape index (κ2) is 3.94. The van der Waals surface area contributed by atoms with Crippen LogP contribution in [-0.2, 0) is 4.79 Å². The van der Waals surface area contributed by atoms with Crippen LogP contribution in [0, 0.1) is 17.3 Å². The van der Waals surface area contributed by atoms with Crippen molar-refractivity contribution in [2.45, 2.75) is 20.3 Å². The van der Waals surface area contributed by atoms with Crippen LogP contribution in [0.3, 0.4) is 0 Å². The van der Waals surface area contributed by atoms with Crippen LogP contribution in [0.4, 0.5) is 0 Å². The molecule has 1 saturated carbocycles. The van der Waals surface area contributed by atoms with Crippen molar-refractivity contribution >= 4 is 11.9 Å². The Hall–Kier alpha value is -1.63. The predicted octanol–water partition coefficient (Wildman–Crippen LogP) is 3.87. The Bertz CT molecular complexity index is 534. The van der Waals surface area contributed by atoms with E-state index in [-0.39, 0.29) is 11.3 Å². The fourth-order valence-electron chi connectivity index (χ4n) is 3.26. The molecule has 18 heavy (non-hydrogen) atoms. The molecule has 0 N–H and O–H groups in total. The Labute approximate surface area is 108 Å². The van der Waals surface area contributed by atoms with E-state index >= 15 is 0 Å². The molecule has 1 nitrogen and oxygen atoms in total. The summed E-state index contributed by atoms with van der Waals surface area (Å²) in [4.78, 5) is 12.0. The molecule has 0 radical (unpaired) electrons. The molecule has 0 heterocycles. The van der Waals surface area contributed by atoms with E-state index in [9.17, 15) is 4.79 Å². The lowest BCUT2D eigenvalue weighted by Gasteiger charge is -2.54. The van der Waals surface area contributed by atoms with E-state index in [4.69, 9.17) is 0 Å². The monoisotopic (exact) mass is 238 g/mol. The molecule has 3 aliphatic carbocycles. The molecule has 1 fully saturated rings. The van der Waals surface area contributed by atoms with E-state index in [0.29, 0.717) is 11.7 Å². The molecule has 2 atom stereocenters. The normalized spacial score (nSPS) is 29.0. The lowest BCUT2D eigenvalue weighted by atomic mass is 9.48. The van der Waals surface area contributed by atoms with E-state index in [1.54, 1.807) is 0 Å². The van der Waals surface area contributed by atoms with Crippen molar-refractivity contribution in [3.8, 4) is 0 Å². The highest BCUT2D eigenvalue weighted by Gasteiger charge is 2.54. The summed E-state index contributed by atoms with van der Waals surface area (Å²) < 4.78 is 0. The summed E-state index contributed by atoms with van der Waals surface area (Å²) in [6.07, 6.45) is 7.11. The topological polar surface area (TPSA) is 17.1 Å². The van der Waals surface area contributed by atoms with Gasteiger partial charge in [0.25, 0.3) is 0 Å². The van der Waals surface area contributed by atoms with E-state index in [1.165, 1.54) is 11.1 Å². The quantitative estimate of drug-likeness (QED) is 0.764. The van der Waals surface area contributed by atoms with Crippen molar-refractivity contribution in [3.63, 3.8) is 0 Å². The molecule has 0 spiro atoms. The van der Waals surface area contributed by atoms with Gasteiger partial charge in [0.15, 0.2) is 5.78 Å². The van der Waals surface area contributed by atoms with Gasteiger partial charge in [0.2, 0.25) is 0 Å². The highest BCUT2D eigenvalue weighted by molar-refractivity contribution is 5.96. The van der Waals surface area contributed by atoms with Crippen LogP contribution < -0.4 is 0 Å². The summed E-state index contributed by atoms with van der Waals surface area (Å²) >= 11 is 0. The van der Waals surface area contributed by atoms with Crippen molar-refractivity contribution in [3.05, 3.63) is 53.6 Å². The first-order valence-electron chi connectivity index (χ1n) is 6.57. The van der Waals surface area contributed by atoms with Crippen LogP contribution >= 0.6 is 0 Å². The first-order valence-corrected chi connectivity index (χ1v) is 6.57. The number of carbonyl (C=O) groups is 1. The summed E-state index contributed by atoms with van der Waals surface area (Å²) in [5, 5.41) is 0. The zero-order chi connectivity index (χ0) is 12.8. The third-order valence-corrected chi connectivity index (χ3v) is 4.59. The number of ketones is 1. The zero-order valence-corrected chi connectivity index (χ0v) is 10.9. The number of hydrogen-bond acceptors (Lipinski definition) is 1. The van der Waals surface area contributed by atoms with Gasteiger partial charge in [-0.2, -0.15) is 0 Å². The van der Waals surface area contributed by atoms with Crippen LogP contribution in [0.5, 0.6) is 0 Å². The second-order valence-electron chi connectivity index (χ2n) is 5.95. The molecule has 3 aliphatic rings. The van der Waals surface area contributed by atoms with E-state index in [0.717, 1.165) is 6.42 Å². The Morgan fingerprint density at radius 2 is 1.83 bits per heavy atom. The van der Waals surface area contributed by atoms with Gasteiger partial charge in [-0.15, -0.1) is 0 Å². The van der Waals surface area contributed by atoms with Crippen molar-refractivity contribution in [1.82, 2.24) is 0 Å². The van der Waals surface area contributed by atoms with Crippen molar-refractivity contribution in [1.29, 1.82) is 0 Å². The van der Waals surface area contributed by atoms with Crippen LogP contribution in [0.1, 0.15) is 25.8 Å². The molecule has 0 aromatic heterocycles. The summed E-state index contributed by atoms with van der Waals surface area (Å²) in [5.74, 6) is 1.13. The molecule has 1 aromatic rings. The minimum absolute atomic E-state index is 0.155. The SMILES string of the molecule is CC1(C)C2C[C@H]1C(=O)C=C2C=Cc1ccccc1. The van der Waals surface area contributed by atoms with Gasteiger partial charge in [-0.25, -0.2) is 0 Å². The minimum Gasteiger partial charge on any atom is -0.295 e. The average molecular weight is 238 g/mol. The Morgan fingerprint density at radius 1 is 1.11 bits per heavy atom. The largest absolute Gasteiger partial charge is 0.295 e. The molecule has 1 heteroatoms. The summed E-state index contributed by atoms with van der Waals surface area (Å²) in [6, 6.07) is 10.2. The maximum Gasteiger partial charge on any atom is 0.159 e. The van der Waals surface area contributed by atoms with E-state index < -0.39 is 0 Å². The Kier molecular flexibility index (Phi) is 2.51. The second-order valence-corrected chi connectivity index (χ2v) is 5.95. The van der Waals surface area contributed by atoms with Gasteiger partial charge in [0.1, 0.15) is 0 Å². The minimum atomic E-state index is 0.155. The first-order chi connectivity index (χ1) is 8.59. The predicted molar refractivity (Wildman–Crippen MR) is 73.9 cm³/mol. The van der Waals surface area contributed by atoms with E-state index in [2.05, 4.69) is 38.1 Å². The van der Waals surface area contributed by atoms with Crippen LogP contribution in [0.2, 0.25) is 0 Å². The summed E-state index contributed by atoms with van der Waals surface area (Å²) in [5.41, 5.74) is 2.55. The summed E-state index contributed by atoms with van der Waals surface area (Å²) in [6.45, 7) is 4.43. The van der Waals surface area contributed by atoms with Crippen molar-refractivity contribution in [2.75, 3.05) is 0 Å². The van der Waals surface area contributed by atoms with Crippen LogP contribution in [-0.4, -0.2) is 5.78 Å². The van der Waals surface area contributed by atoms with Gasteiger partial charge in [0, 0.05) is 5.92 Å². The molecule has 92 valence electrons. The molecule has 0 aliphatic heterocycles. The fourth-order valence-corrected chi connectivity index (χ4v) is 3.26. The van der Waals surface area contributed by atoms with Crippen LogP contribution in [0.25, 0.3) is 6.08 Å². The fraction of sp³-hybridized carbons (Fsp3) is 0.353. The van der Waals surface area contributed by atoms with E-state index in [1.807, 2.05) is 24.3 Å². The standard InChI is InChI=1S/C17H18O/c1-17(2)14-11-15(17)16(18)10-13(14)9-8-12-6-4-3-5-7-12/h3-10,14-15H,11H2,1-2H3/t14?,15-/m0/s1. The molecule has 4 rings (SSSR count). The molecular weight excluding hydrogens is 220 g/mol. The molecular formula is C17H18O. The maximum absolute atomic E-state index is 12.0. The third kappa shape index (κ3) is 1.66. The lowest BCUT2D eigenvalue weighted by Crippen LogP contribution is -2.52. The van der Waals surface area contributed by atoms with Gasteiger partial charge < -0.3 is 0 Å². The van der Waals surface area contributed by atoms with Gasteiger partial charge in [-0.05, 0) is 35.0 Å². The van der Waals surface area contributed by atoms with Crippen molar-refractivity contribution in [2.24, 2.45) is 17.3 Å². The van der Waals surface area contributed by atoms with Gasteiger partial charge >= 0.3 is 0 Å². The Balaban J connectivity index is 1.86. The summed E-state index contributed by atoms with van der Waals surface area (Å²) in [7, 11) is 0. The number of fused-ring (bicyclic) bond motifs is 1. The van der Waals surface area contributed by atoms with Gasteiger partial charge in [-0.3, -0.25) is 4.79 Å². The molecule has 0 amide bonds. The van der Waals surface area contributed by atoms with Crippen molar-refractivity contribution < 1.29 is 4.79 Å². The molecule has 0 saturated heterocycles. The molecule has 2 bridgehead atoms. The first kappa shape index (κ1) is 11.5. The van der Waals surface area contributed by atoms with Crippen LogP contribution in [0.15, 0.2) is 48.1 Å². The number of carbonyl (C=O) groups excluding carboxylic acids is 1. The lowest BCUT2D eigenvalue weighted by molar-refractivity contribution is -0.133. The molecule has 1 unspecified atom stereocenters.